The monoisotopic (exact) mass is 186 g/mol. The molecule has 0 aromatic heterocycles. The Balaban J connectivity index is 2.46. The maximum absolute atomic E-state index is 5.69. The smallest absolute Gasteiger partial charge is 0.0828 e. The van der Waals surface area contributed by atoms with Crippen molar-refractivity contribution in [1.29, 1.82) is 0 Å². The molecule has 0 bridgehead atoms. The standard InChI is InChI=1S/C10H22N2O/c1-4-8(2)12-6-9(3)13-10(5-11)7-12/h8-10H,4-7,11H2,1-3H3. The van der Waals surface area contributed by atoms with Gasteiger partial charge in [-0.25, -0.2) is 0 Å². The fourth-order valence-electron chi connectivity index (χ4n) is 1.83. The Bertz CT molecular complexity index is 152. The van der Waals surface area contributed by atoms with Crippen LogP contribution in [0.5, 0.6) is 0 Å². The molecule has 0 aromatic carbocycles. The van der Waals surface area contributed by atoms with Crippen LogP contribution in [0.1, 0.15) is 27.2 Å². The number of rotatable bonds is 3. The summed E-state index contributed by atoms with van der Waals surface area (Å²) in [5.41, 5.74) is 5.62. The van der Waals surface area contributed by atoms with E-state index in [0.29, 0.717) is 18.7 Å². The van der Waals surface area contributed by atoms with Gasteiger partial charge in [0.05, 0.1) is 12.2 Å². The van der Waals surface area contributed by atoms with Crippen LogP contribution >= 0.6 is 0 Å². The van der Waals surface area contributed by atoms with Gasteiger partial charge in [-0.05, 0) is 20.3 Å². The summed E-state index contributed by atoms with van der Waals surface area (Å²) in [4.78, 5) is 2.48. The van der Waals surface area contributed by atoms with Crippen LogP contribution in [-0.2, 0) is 4.74 Å². The summed E-state index contributed by atoms with van der Waals surface area (Å²) in [7, 11) is 0. The van der Waals surface area contributed by atoms with E-state index in [1.807, 2.05) is 0 Å². The van der Waals surface area contributed by atoms with Crippen molar-refractivity contribution in [2.75, 3.05) is 19.6 Å². The molecule has 1 saturated heterocycles. The van der Waals surface area contributed by atoms with Crippen molar-refractivity contribution in [3.63, 3.8) is 0 Å². The maximum atomic E-state index is 5.69. The summed E-state index contributed by atoms with van der Waals surface area (Å²) in [5.74, 6) is 0. The Morgan fingerprint density at radius 1 is 1.54 bits per heavy atom. The molecular weight excluding hydrogens is 164 g/mol. The van der Waals surface area contributed by atoms with Crippen LogP contribution in [0.25, 0.3) is 0 Å². The van der Waals surface area contributed by atoms with Crippen LogP contribution in [-0.4, -0.2) is 42.8 Å². The molecule has 0 radical (unpaired) electrons. The lowest BCUT2D eigenvalue weighted by molar-refractivity contribution is -0.0824. The van der Waals surface area contributed by atoms with Crippen LogP contribution in [0.4, 0.5) is 0 Å². The molecule has 0 aromatic rings. The van der Waals surface area contributed by atoms with Gasteiger partial charge < -0.3 is 10.5 Å². The lowest BCUT2D eigenvalue weighted by atomic mass is 10.1. The van der Waals surface area contributed by atoms with Gasteiger partial charge in [-0.3, -0.25) is 4.90 Å². The highest BCUT2D eigenvalue weighted by Crippen LogP contribution is 2.14. The average Bonchev–Trinajstić information content (AvgIpc) is 2.15. The predicted octanol–water partition coefficient (Wildman–Crippen LogP) is 0.833. The molecule has 3 unspecified atom stereocenters. The second-order valence-corrected chi connectivity index (χ2v) is 4.02. The predicted molar refractivity (Wildman–Crippen MR) is 54.7 cm³/mol. The van der Waals surface area contributed by atoms with Crippen molar-refractivity contribution >= 4 is 0 Å². The molecule has 1 rings (SSSR count). The average molecular weight is 186 g/mol. The van der Waals surface area contributed by atoms with Crippen molar-refractivity contribution in [2.45, 2.75) is 45.4 Å². The minimum Gasteiger partial charge on any atom is -0.371 e. The summed E-state index contributed by atoms with van der Waals surface area (Å²) in [5, 5.41) is 0. The lowest BCUT2D eigenvalue weighted by Crippen LogP contribution is -2.52. The van der Waals surface area contributed by atoms with Gasteiger partial charge in [-0.1, -0.05) is 6.92 Å². The quantitative estimate of drug-likeness (QED) is 0.709. The van der Waals surface area contributed by atoms with Gasteiger partial charge >= 0.3 is 0 Å². The van der Waals surface area contributed by atoms with Gasteiger partial charge in [-0.2, -0.15) is 0 Å². The first-order valence-electron chi connectivity index (χ1n) is 5.27. The van der Waals surface area contributed by atoms with Crippen molar-refractivity contribution in [2.24, 2.45) is 5.73 Å². The summed E-state index contributed by atoms with van der Waals surface area (Å²) >= 11 is 0. The fraction of sp³-hybridized carbons (Fsp3) is 1.00. The van der Waals surface area contributed by atoms with E-state index in [9.17, 15) is 0 Å². The maximum Gasteiger partial charge on any atom is 0.0828 e. The van der Waals surface area contributed by atoms with Gasteiger partial charge in [0.25, 0.3) is 0 Å². The Labute approximate surface area is 81.2 Å². The second kappa shape index (κ2) is 4.94. The third kappa shape index (κ3) is 2.93. The van der Waals surface area contributed by atoms with Crippen molar-refractivity contribution in [3.8, 4) is 0 Å². The van der Waals surface area contributed by atoms with Gasteiger partial charge in [-0.15, -0.1) is 0 Å². The molecule has 0 saturated carbocycles. The number of nitrogens with two attached hydrogens (primary N) is 1. The number of hydrogen-bond donors (Lipinski definition) is 1. The third-order valence-corrected chi connectivity index (χ3v) is 2.83. The number of hydrogen-bond acceptors (Lipinski definition) is 3. The lowest BCUT2D eigenvalue weighted by Gasteiger charge is -2.39. The Morgan fingerprint density at radius 3 is 2.77 bits per heavy atom. The zero-order valence-electron chi connectivity index (χ0n) is 8.99. The molecule has 2 N–H and O–H groups in total. The molecule has 1 aliphatic rings. The normalized spacial score (nSPS) is 33.2. The number of morpholine rings is 1. The molecule has 0 spiro atoms. The van der Waals surface area contributed by atoms with E-state index in [-0.39, 0.29) is 6.10 Å². The zero-order chi connectivity index (χ0) is 9.84. The fourth-order valence-corrected chi connectivity index (χ4v) is 1.83. The second-order valence-electron chi connectivity index (χ2n) is 4.02. The third-order valence-electron chi connectivity index (χ3n) is 2.83. The van der Waals surface area contributed by atoms with E-state index in [1.165, 1.54) is 6.42 Å². The molecule has 3 heteroatoms. The van der Waals surface area contributed by atoms with E-state index in [2.05, 4.69) is 25.7 Å². The molecule has 3 atom stereocenters. The van der Waals surface area contributed by atoms with Gasteiger partial charge in [0.15, 0.2) is 0 Å². The molecular formula is C10H22N2O. The zero-order valence-corrected chi connectivity index (χ0v) is 8.99. The Hall–Kier alpha value is -0.120. The summed E-state index contributed by atoms with van der Waals surface area (Å²) < 4.78 is 5.69. The van der Waals surface area contributed by atoms with Crippen LogP contribution < -0.4 is 5.73 Å². The highest BCUT2D eigenvalue weighted by molar-refractivity contribution is 4.79. The van der Waals surface area contributed by atoms with Crippen LogP contribution in [0.15, 0.2) is 0 Å². The molecule has 1 aliphatic heterocycles. The van der Waals surface area contributed by atoms with Crippen molar-refractivity contribution < 1.29 is 4.74 Å². The van der Waals surface area contributed by atoms with Gasteiger partial charge in [0.1, 0.15) is 0 Å². The molecule has 1 heterocycles. The van der Waals surface area contributed by atoms with Crippen LogP contribution in [0, 0.1) is 0 Å². The molecule has 3 nitrogen and oxygen atoms in total. The highest BCUT2D eigenvalue weighted by atomic mass is 16.5. The summed E-state index contributed by atoms with van der Waals surface area (Å²) in [6, 6.07) is 0.653. The Kier molecular flexibility index (Phi) is 4.16. The van der Waals surface area contributed by atoms with Crippen LogP contribution in [0.3, 0.4) is 0 Å². The number of ether oxygens (including phenoxy) is 1. The minimum absolute atomic E-state index is 0.234. The van der Waals surface area contributed by atoms with E-state index >= 15 is 0 Å². The van der Waals surface area contributed by atoms with E-state index in [4.69, 9.17) is 10.5 Å². The van der Waals surface area contributed by atoms with Gasteiger partial charge in [0, 0.05) is 25.7 Å². The molecule has 13 heavy (non-hydrogen) atoms. The van der Waals surface area contributed by atoms with Crippen LogP contribution in [0.2, 0.25) is 0 Å². The first-order valence-corrected chi connectivity index (χ1v) is 5.27. The first kappa shape index (κ1) is 11.0. The molecule has 0 aliphatic carbocycles. The summed E-state index contributed by atoms with van der Waals surface area (Å²) in [6.45, 7) is 9.30. The van der Waals surface area contributed by atoms with Gasteiger partial charge in [0.2, 0.25) is 0 Å². The number of nitrogens with zero attached hydrogens (tertiary/aromatic N) is 1. The van der Waals surface area contributed by atoms with E-state index < -0.39 is 0 Å². The van der Waals surface area contributed by atoms with Crippen molar-refractivity contribution in [1.82, 2.24) is 4.90 Å². The minimum atomic E-state index is 0.234. The topological polar surface area (TPSA) is 38.5 Å². The Morgan fingerprint density at radius 2 is 2.23 bits per heavy atom. The SMILES string of the molecule is CCC(C)N1CC(C)OC(CN)C1. The largest absolute Gasteiger partial charge is 0.371 e. The highest BCUT2D eigenvalue weighted by Gasteiger charge is 2.26. The molecule has 1 fully saturated rings. The van der Waals surface area contributed by atoms with Crippen molar-refractivity contribution in [3.05, 3.63) is 0 Å². The summed E-state index contributed by atoms with van der Waals surface area (Å²) in [6.07, 6.45) is 1.76. The molecule has 78 valence electrons. The molecule has 0 amide bonds. The van der Waals surface area contributed by atoms with E-state index in [0.717, 1.165) is 13.1 Å². The first-order chi connectivity index (χ1) is 6.17. The van der Waals surface area contributed by atoms with E-state index in [1.54, 1.807) is 0 Å².